The van der Waals surface area contributed by atoms with Gasteiger partial charge in [0.05, 0.1) is 5.69 Å². The van der Waals surface area contributed by atoms with Gasteiger partial charge < -0.3 is 10.2 Å². The van der Waals surface area contributed by atoms with Gasteiger partial charge in [-0.15, -0.1) is 0 Å². The SMILES string of the molecule is CCc1nc(N(C)c2ccccc2)sc1CNCC(C)C. The summed E-state index contributed by atoms with van der Waals surface area (Å²) in [5.74, 6) is 0.675. The van der Waals surface area contributed by atoms with Crippen molar-refractivity contribution in [3.63, 3.8) is 0 Å². The first-order chi connectivity index (χ1) is 10.1. The molecule has 0 aliphatic heterocycles. The third-order valence-electron chi connectivity index (χ3n) is 3.37. The zero-order valence-electron chi connectivity index (χ0n) is 13.4. The average Bonchev–Trinajstić information content (AvgIpc) is 2.90. The fourth-order valence-electron chi connectivity index (χ4n) is 2.16. The van der Waals surface area contributed by atoms with E-state index in [0.29, 0.717) is 5.92 Å². The number of para-hydroxylation sites is 1. The topological polar surface area (TPSA) is 28.2 Å². The van der Waals surface area contributed by atoms with Crippen molar-refractivity contribution in [2.75, 3.05) is 18.5 Å². The van der Waals surface area contributed by atoms with Crippen LogP contribution < -0.4 is 10.2 Å². The van der Waals surface area contributed by atoms with Crippen molar-refractivity contribution in [3.05, 3.63) is 40.9 Å². The van der Waals surface area contributed by atoms with Gasteiger partial charge in [-0.2, -0.15) is 0 Å². The van der Waals surface area contributed by atoms with Crippen LogP contribution in [-0.2, 0) is 13.0 Å². The molecule has 2 rings (SSSR count). The van der Waals surface area contributed by atoms with Crippen molar-refractivity contribution in [1.82, 2.24) is 10.3 Å². The molecule has 2 aromatic rings. The lowest BCUT2D eigenvalue weighted by Gasteiger charge is -2.15. The minimum absolute atomic E-state index is 0.675. The number of thiazole rings is 1. The number of aryl methyl sites for hydroxylation is 1. The molecule has 0 amide bonds. The van der Waals surface area contributed by atoms with Gasteiger partial charge in [-0.1, -0.05) is 50.3 Å². The van der Waals surface area contributed by atoms with E-state index in [9.17, 15) is 0 Å². The zero-order chi connectivity index (χ0) is 15.2. The van der Waals surface area contributed by atoms with Crippen LogP contribution in [0.3, 0.4) is 0 Å². The van der Waals surface area contributed by atoms with Gasteiger partial charge >= 0.3 is 0 Å². The number of hydrogen-bond donors (Lipinski definition) is 1. The molecule has 0 saturated carbocycles. The van der Waals surface area contributed by atoms with Crippen LogP contribution >= 0.6 is 11.3 Å². The maximum absolute atomic E-state index is 4.81. The van der Waals surface area contributed by atoms with Crippen molar-refractivity contribution < 1.29 is 0 Å². The third kappa shape index (κ3) is 4.29. The highest BCUT2D eigenvalue weighted by molar-refractivity contribution is 7.15. The summed E-state index contributed by atoms with van der Waals surface area (Å²) in [5.41, 5.74) is 2.39. The number of hydrogen-bond acceptors (Lipinski definition) is 4. The van der Waals surface area contributed by atoms with Gasteiger partial charge in [0.1, 0.15) is 0 Å². The Hall–Kier alpha value is -1.39. The van der Waals surface area contributed by atoms with Gasteiger partial charge in [0.15, 0.2) is 5.13 Å². The molecule has 0 atom stereocenters. The van der Waals surface area contributed by atoms with Crippen LogP contribution in [0.5, 0.6) is 0 Å². The monoisotopic (exact) mass is 303 g/mol. The van der Waals surface area contributed by atoms with E-state index in [1.807, 2.05) is 6.07 Å². The predicted octanol–water partition coefficient (Wildman–Crippen LogP) is 4.22. The summed E-state index contributed by atoms with van der Waals surface area (Å²) in [5, 5.41) is 4.59. The highest BCUT2D eigenvalue weighted by Gasteiger charge is 2.13. The van der Waals surface area contributed by atoms with Crippen molar-refractivity contribution in [2.45, 2.75) is 33.7 Å². The second-order valence-corrected chi connectivity index (χ2v) is 6.70. The molecule has 0 aliphatic carbocycles. The molecule has 1 aromatic heterocycles. The molecule has 0 aliphatic rings. The largest absolute Gasteiger partial charge is 0.321 e. The van der Waals surface area contributed by atoms with Gasteiger partial charge in [0, 0.05) is 24.2 Å². The van der Waals surface area contributed by atoms with Gasteiger partial charge in [0.2, 0.25) is 0 Å². The van der Waals surface area contributed by atoms with E-state index in [-0.39, 0.29) is 0 Å². The van der Waals surface area contributed by atoms with E-state index in [1.54, 1.807) is 11.3 Å². The van der Waals surface area contributed by atoms with Crippen molar-refractivity contribution in [3.8, 4) is 0 Å². The zero-order valence-corrected chi connectivity index (χ0v) is 14.2. The van der Waals surface area contributed by atoms with E-state index >= 15 is 0 Å². The first kappa shape index (κ1) is 16.0. The van der Waals surface area contributed by atoms with Gasteiger partial charge in [-0.05, 0) is 31.0 Å². The van der Waals surface area contributed by atoms with Crippen LogP contribution in [0.1, 0.15) is 31.3 Å². The Morgan fingerprint density at radius 1 is 1.24 bits per heavy atom. The number of anilines is 2. The Balaban J connectivity index is 2.12. The molecule has 0 saturated heterocycles. The summed E-state index contributed by atoms with van der Waals surface area (Å²) in [7, 11) is 2.08. The number of benzene rings is 1. The molecule has 114 valence electrons. The Morgan fingerprint density at radius 3 is 2.57 bits per heavy atom. The van der Waals surface area contributed by atoms with E-state index in [2.05, 4.69) is 62.3 Å². The Bertz CT molecular complexity index is 548. The Kier molecular flexibility index (Phi) is 5.76. The van der Waals surface area contributed by atoms with E-state index < -0.39 is 0 Å². The van der Waals surface area contributed by atoms with Crippen molar-refractivity contribution in [2.24, 2.45) is 5.92 Å². The second kappa shape index (κ2) is 7.57. The molecule has 1 N–H and O–H groups in total. The van der Waals surface area contributed by atoms with E-state index in [0.717, 1.165) is 24.6 Å². The van der Waals surface area contributed by atoms with Crippen molar-refractivity contribution in [1.29, 1.82) is 0 Å². The lowest BCUT2D eigenvalue weighted by Crippen LogP contribution is -2.18. The lowest BCUT2D eigenvalue weighted by atomic mass is 10.2. The Labute approximate surface area is 132 Å². The van der Waals surface area contributed by atoms with Crippen LogP contribution in [0, 0.1) is 5.92 Å². The summed E-state index contributed by atoms with van der Waals surface area (Å²) in [4.78, 5) is 8.33. The molecular weight excluding hydrogens is 278 g/mol. The molecule has 0 radical (unpaired) electrons. The average molecular weight is 303 g/mol. The summed E-state index contributed by atoms with van der Waals surface area (Å²) in [6, 6.07) is 10.4. The van der Waals surface area contributed by atoms with Gasteiger partial charge in [-0.3, -0.25) is 0 Å². The molecule has 4 heteroatoms. The maximum atomic E-state index is 4.81. The normalized spacial score (nSPS) is 11.1. The highest BCUT2D eigenvalue weighted by Crippen LogP contribution is 2.30. The molecule has 3 nitrogen and oxygen atoms in total. The lowest BCUT2D eigenvalue weighted by molar-refractivity contribution is 0.553. The number of nitrogens with one attached hydrogen (secondary N) is 1. The predicted molar refractivity (Wildman–Crippen MR) is 92.5 cm³/mol. The van der Waals surface area contributed by atoms with Crippen LogP contribution in [0.25, 0.3) is 0 Å². The fourth-order valence-corrected chi connectivity index (χ4v) is 3.26. The number of rotatable bonds is 7. The smallest absolute Gasteiger partial charge is 0.190 e. The van der Waals surface area contributed by atoms with Crippen LogP contribution in [0.2, 0.25) is 0 Å². The van der Waals surface area contributed by atoms with Gasteiger partial charge in [-0.25, -0.2) is 4.98 Å². The minimum Gasteiger partial charge on any atom is -0.321 e. The van der Waals surface area contributed by atoms with Crippen LogP contribution in [0.4, 0.5) is 10.8 Å². The second-order valence-electron chi connectivity index (χ2n) is 5.64. The maximum Gasteiger partial charge on any atom is 0.190 e. The molecule has 0 unspecified atom stereocenters. The molecule has 0 spiro atoms. The number of nitrogens with zero attached hydrogens (tertiary/aromatic N) is 2. The Morgan fingerprint density at radius 2 is 1.95 bits per heavy atom. The molecular formula is C17H25N3S. The van der Waals surface area contributed by atoms with Crippen molar-refractivity contribution >= 4 is 22.2 Å². The minimum atomic E-state index is 0.675. The standard InChI is InChI=1S/C17H25N3S/c1-5-15-16(12-18-11-13(2)3)21-17(19-15)20(4)14-9-7-6-8-10-14/h6-10,13,18H,5,11-12H2,1-4H3. The van der Waals surface area contributed by atoms with Crippen LogP contribution in [0.15, 0.2) is 30.3 Å². The molecule has 0 bridgehead atoms. The molecule has 0 fully saturated rings. The van der Waals surface area contributed by atoms with E-state index in [1.165, 1.54) is 16.3 Å². The molecule has 1 aromatic carbocycles. The summed E-state index contributed by atoms with van der Waals surface area (Å²) in [6.07, 6.45) is 0.984. The summed E-state index contributed by atoms with van der Waals surface area (Å²) in [6.45, 7) is 8.60. The quantitative estimate of drug-likeness (QED) is 0.830. The first-order valence-corrected chi connectivity index (χ1v) is 8.41. The van der Waals surface area contributed by atoms with Crippen LogP contribution in [-0.4, -0.2) is 18.6 Å². The summed E-state index contributed by atoms with van der Waals surface area (Å²) < 4.78 is 0. The number of aromatic nitrogens is 1. The fraction of sp³-hybridized carbons (Fsp3) is 0.471. The first-order valence-electron chi connectivity index (χ1n) is 7.59. The van der Waals surface area contributed by atoms with E-state index in [4.69, 9.17) is 4.98 Å². The molecule has 21 heavy (non-hydrogen) atoms. The highest BCUT2D eigenvalue weighted by atomic mass is 32.1. The summed E-state index contributed by atoms with van der Waals surface area (Å²) >= 11 is 1.79. The third-order valence-corrected chi connectivity index (χ3v) is 4.54. The molecule has 1 heterocycles. The van der Waals surface area contributed by atoms with Gasteiger partial charge in [0.25, 0.3) is 0 Å².